The molecule has 4 N–H and O–H groups in total. The third kappa shape index (κ3) is 5.14. The van der Waals surface area contributed by atoms with Crippen molar-refractivity contribution in [3.05, 3.63) is 96.2 Å². The van der Waals surface area contributed by atoms with Crippen LogP contribution in [-0.2, 0) is 22.6 Å². The fourth-order valence-electron chi connectivity index (χ4n) is 5.65. The van der Waals surface area contributed by atoms with Gasteiger partial charge in [-0.3, -0.25) is 9.63 Å². The number of carbonyl (C=O) groups is 1. The molecule has 40 heavy (non-hydrogen) atoms. The molecule has 0 aliphatic carbocycles. The van der Waals surface area contributed by atoms with Gasteiger partial charge in [0.25, 0.3) is 0 Å². The first kappa shape index (κ1) is 26.3. The minimum Gasteiger partial charge on any atom is -0.456 e. The average Bonchev–Trinajstić information content (AvgIpc) is 3.68. The summed E-state index contributed by atoms with van der Waals surface area (Å²) in [6.07, 6.45) is 1.09. The van der Waals surface area contributed by atoms with Crippen LogP contribution in [-0.4, -0.2) is 57.6 Å². The first-order valence-electron chi connectivity index (χ1n) is 13.6. The number of rotatable bonds is 9. The van der Waals surface area contributed by atoms with E-state index >= 15 is 0 Å². The van der Waals surface area contributed by atoms with Crippen molar-refractivity contribution in [1.29, 1.82) is 0 Å². The predicted molar refractivity (Wildman–Crippen MR) is 153 cm³/mol. The van der Waals surface area contributed by atoms with E-state index in [-0.39, 0.29) is 12.5 Å². The molecule has 1 saturated heterocycles. The number of benzene rings is 3. The Hall–Kier alpha value is -3.95. The normalized spacial score (nSPS) is 20.3. The predicted octanol–water partition coefficient (Wildman–Crippen LogP) is 4.41. The fraction of sp³-hybridized carbons (Fsp3) is 0.281. The standard InChI is InChI=1S/C32H33N3O5/c1-20(37)31-26(19-36)30(32(38)33-15-14-24-17-34-27-8-4-3-7-25(24)27)35(40-31)18-21-10-12-22(13-11-21)29-16-23-6-2-5-9-28(23)39-29/h2-13,16-17,20,26,30-31,34,36-37H,14-15,18-19H2,1H3,(H,33,38)/t20-,26-,30-,31?/m0/s1. The number of furan rings is 1. The maximum atomic E-state index is 13.5. The Kier molecular flexibility index (Phi) is 7.40. The highest BCUT2D eigenvalue weighted by Gasteiger charge is 2.48. The molecule has 1 amide bonds. The molecule has 4 atom stereocenters. The molecular formula is C32H33N3O5. The molecule has 8 heteroatoms. The Labute approximate surface area is 232 Å². The second-order valence-electron chi connectivity index (χ2n) is 10.4. The van der Waals surface area contributed by atoms with Gasteiger partial charge in [0.2, 0.25) is 5.91 Å². The molecule has 1 aliphatic heterocycles. The van der Waals surface area contributed by atoms with E-state index in [9.17, 15) is 15.0 Å². The van der Waals surface area contributed by atoms with Crippen LogP contribution in [0.25, 0.3) is 33.2 Å². The number of fused-ring (bicyclic) bond motifs is 2. The first-order valence-corrected chi connectivity index (χ1v) is 13.6. The highest BCUT2D eigenvalue weighted by atomic mass is 16.7. The number of aliphatic hydroxyl groups is 2. The molecule has 6 rings (SSSR count). The summed E-state index contributed by atoms with van der Waals surface area (Å²) in [6.45, 7) is 2.10. The molecule has 0 radical (unpaired) electrons. The van der Waals surface area contributed by atoms with E-state index in [2.05, 4.69) is 16.4 Å². The Balaban J connectivity index is 1.16. The number of nitrogens with zero attached hydrogens (tertiary/aromatic N) is 1. The Morgan fingerprint density at radius 3 is 2.62 bits per heavy atom. The molecule has 3 heterocycles. The number of hydrogen-bond donors (Lipinski definition) is 4. The number of aromatic nitrogens is 1. The van der Waals surface area contributed by atoms with Crippen molar-refractivity contribution in [2.24, 2.45) is 5.92 Å². The van der Waals surface area contributed by atoms with Gasteiger partial charge >= 0.3 is 0 Å². The van der Waals surface area contributed by atoms with E-state index < -0.39 is 24.2 Å². The number of amides is 1. The van der Waals surface area contributed by atoms with Gasteiger partial charge in [0, 0.05) is 40.5 Å². The molecule has 5 aromatic rings. The molecule has 0 spiro atoms. The zero-order valence-corrected chi connectivity index (χ0v) is 22.3. The second kappa shape index (κ2) is 11.3. The monoisotopic (exact) mass is 539 g/mol. The quantitative estimate of drug-likeness (QED) is 0.221. The van der Waals surface area contributed by atoms with Crippen LogP contribution in [0.4, 0.5) is 0 Å². The molecule has 1 fully saturated rings. The number of H-pyrrole nitrogens is 1. The van der Waals surface area contributed by atoms with Gasteiger partial charge in [0.1, 0.15) is 23.5 Å². The molecule has 1 aliphatic rings. The molecule has 1 unspecified atom stereocenters. The van der Waals surface area contributed by atoms with Crippen molar-refractivity contribution in [2.45, 2.75) is 38.1 Å². The minimum atomic E-state index is -0.848. The summed E-state index contributed by atoms with van der Waals surface area (Å²) in [5, 5.41) is 27.4. The third-order valence-electron chi connectivity index (χ3n) is 7.72. The van der Waals surface area contributed by atoms with Crippen LogP contribution in [0.1, 0.15) is 18.1 Å². The summed E-state index contributed by atoms with van der Waals surface area (Å²) >= 11 is 0. The number of aliphatic hydroxyl groups excluding tert-OH is 2. The molecule has 2 aromatic heterocycles. The number of carbonyl (C=O) groups excluding carboxylic acids is 1. The van der Waals surface area contributed by atoms with Gasteiger partial charge in [0.05, 0.1) is 19.3 Å². The number of hydrogen-bond acceptors (Lipinski definition) is 6. The van der Waals surface area contributed by atoms with E-state index in [1.165, 1.54) is 0 Å². The summed E-state index contributed by atoms with van der Waals surface area (Å²) in [6, 6.07) is 25.1. The largest absolute Gasteiger partial charge is 0.456 e. The molecule has 206 valence electrons. The van der Waals surface area contributed by atoms with E-state index in [0.717, 1.165) is 44.3 Å². The van der Waals surface area contributed by atoms with E-state index in [1.54, 1.807) is 12.0 Å². The Bertz CT molecular complexity index is 1570. The van der Waals surface area contributed by atoms with E-state index in [4.69, 9.17) is 9.25 Å². The number of nitrogens with one attached hydrogen (secondary N) is 2. The summed E-state index contributed by atoms with van der Waals surface area (Å²) in [5.41, 5.74) is 4.90. The van der Waals surface area contributed by atoms with Crippen molar-refractivity contribution in [2.75, 3.05) is 13.2 Å². The second-order valence-corrected chi connectivity index (χ2v) is 10.4. The van der Waals surface area contributed by atoms with Gasteiger partial charge in [-0.15, -0.1) is 0 Å². The highest BCUT2D eigenvalue weighted by Crippen LogP contribution is 2.33. The zero-order chi connectivity index (χ0) is 27.6. The van der Waals surface area contributed by atoms with Crippen molar-refractivity contribution >= 4 is 27.8 Å². The van der Waals surface area contributed by atoms with Crippen LogP contribution in [0, 0.1) is 5.92 Å². The van der Waals surface area contributed by atoms with Crippen molar-refractivity contribution in [1.82, 2.24) is 15.4 Å². The first-order chi connectivity index (χ1) is 19.5. The van der Waals surface area contributed by atoms with Gasteiger partial charge in [-0.2, -0.15) is 5.06 Å². The minimum absolute atomic E-state index is 0.235. The molecule has 0 bridgehead atoms. The smallest absolute Gasteiger partial charge is 0.240 e. The Morgan fingerprint density at radius 2 is 1.85 bits per heavy atom. The summed E-state index contributed by atoms with van der Waals surface area (Å²) in [7, 11) is 0. The van der Waals surface area contributed by atoms with Crippen molar-refractivity contribution < 1.29 is 24.3 Å². The number of hydroxylamine groups is 2. The zero-order valence-electron chi connectivity index (χ0n) is 22.3. The van der Waals surface area contributed by atoms with Gasteiger partial charge in [0.15, 0.2) is 0 Å². The lowest BCUT2D eigenvalue weighted by atomic mass is 9.92. The molecule has 0 saturated carbocycles. The molecule has 8 nitrogen and oxygen atoms in total. The lowest BCUT2D eigenvalue weighted by Crippen LogP contribution is -2.48. The maximum Gasteiger partial charge on any atom is 0.240 e. The van der Waals surface area contributed by atoms with E-state index in [0.29, 0.717) is 19.5 Å². The Morgan fingerprint density at radius 1 is 1.07 bits per heavy atom. The number of aromatic amines is 1. The van der Waals surface area contributed by atoms with Crippen LogP contribution in [0.3, 0.4) is 0 Å². The summed E-state index contributed by atoms with van der Waals surface area (Å²) in [4.78, 5) is 22.8. The lowest BCUT2D eigenvalue weighted by molar-refractivity contribution is -0.192. The van der Waals surface area contributed by atoms with Crippen molar-refractivity contribution in [3.63, 3.8) is 0 Å². The highest BCUT2D eigenvalue weighted by molar-refractivity contribution is 5.84. The van der Waals surface area contributed by atoms with Crippen LogP contribution in [0.5, 0.6) is 0 Å². The van der Waals surface area contributed by atoms with Crippen LogP contribution >= 0.6 is 0 Å². The third-order valence-corrected chi connectivity index (χ3v) is 7.72. The van der Waals surface area contributed by atoms with E-state index in [1.807, 2.05) is 79.0 Å². The van der Waals surface area contributed by atoms with Gasteiger partial charge in [-0.25, -0.2) is 0 Å². The van der Waals surface area contributed by atoms with Crippen LogP contribution < -0.4 is 5.32 Å². The van der Waals surface area contributed by atoms with Crippen LogP contribution in [0.15, 0.2) is 89.5 Å². The van der Waals surface area contributed by atoms with Gasteiger partial charge in [-0.05, 0) is 42.7 Å². The number of para-hydroxylation sites is 2. The topological polar surface area (TPSA) is 111 Å². The average molecular weight is 540 g/mol. The summed E-state index contributed by atoms with van der Waals surface area (Å²) < 4.78 is 5.99. The molecule has 3 aromatic carbocycles. The molecular weight excluding hydrogens is 506 g/mol. The van der Waals surface area contributed by atoms with Gasteiger partial charge in [-0.1, -0.05) is 60.7 Å². The summed E-state index contributed by atoms with van der Waals surface area (Å²) in [5.74, 6) is -0.0176. The van der Waals surface area contributed by atoms with Crippen molar-refractivity contribution in [3.8, 4) is 11.3 Å². The fourth-order valence-corrected chi connectivity index (χ4v) is 5.65. The SMILES string of the molecule is C[C@H](O)C1ON(Cc2ccc(-c3cc4ccccc4o3)cc2)[C@H](C(=O)NCCc2c[nH]c3ccccc23)[C@@H]1CO. The van der Waals surface area contributed by atoms with Gasteiger partial charge < -0.3 is 24.9 Å². The maximum absolute atomic E-state index is 13.5. The van der Waals surface area contributed by atoms with Crippen LogP contribution in [0.2, 0.25) is 0 Å². The lowest BCUT2D eigenvalue weighted by Gasteiger charge is -2.24.